The van der Waals surface area contributed by atoms with Crippen LogP contribution in [0.2, 0.25) is 0 Å². The number of hydrogen-bond donors (Lipinski definition) is 1. The van der Waals surface area contributed by atoms with E-state index in [2.05, 4.69) is 17.4 Å². The molecule has 0 aromatic heterocycles. The zero-order chi connectivity index (χ0) is 18.4. The predicted molar refractivity (Wildman–Crippen MR) is 101 cm³/mol. The van der Waals surface area contributed by atoms with E-state index in [4.69, 9.17) is 4.74 Å². The van der Waals surface area contributed by atoms with Gasteiger partial charge in [-0.25, -0.2) is 0 Å². The van der Waals surface area contributed by atoms with Gasteiger partial charge in [-0.15, -0.1) is 0 Å². The summed E-state index contributed by atoms with van der Waals surface area (Å²) in [7, 11) is 1.60. The summed E-state index contributed by atoms with van der Waals surface area (Å²) < 4.78 is 5.21. The van der Waals surface area contributed by atoms with Crippen LogP contribution in [-0.4, -0.2) is 31.5 Å². The molecule has 0 unspecified atom stereocenters. The van der Waals surface area contributed by atoms with Gasteiger partial charge in [0.2, 0.25) is 11.8 Å². The molecule has 1 fully saturated rings. The van der Waals surface area contributed by atoms with Gasteiger partial charge in [-0.05, 0) is 30.5 Å². The number of anilines is 1. The van der Waals surface area contributed by atoms with Crippen LogP contribution in [0.3, 0.4) is 0 Å². The molecule has 1 aliphatic rings. The molecule has 3 rings (SSSR count). The highest BCUT2D eigenvalue weighted by Crippen LogP contribution is 2.25. The Kier molecular flexibility index (Phi) is 5.89. The first kappa shape index (κ1) is 18.0. The van der Waals surface area contributed by atoms with Crippen molar-refractivity contribution in [3.05, 3.63) is 60.2 Å². The van der Waals surface area contributed by atoms with Crippen molar-refractivity contribution in [2.75, 3.05) is 18.6 Å². The molecule has 1 heterocycles. The van der Waals surface area contributed by atoms with Gasteiger partial charge in [0.05, 0.1) is 13.2 Å². The van der Waals surface area contributed by atoms with Crippen LogP contribution in [0.25, 0.3) is 0 Å². The van der Waals surface area contributed by atoms with Crippen LogP contribution in [0.4, 0.5) is 5.69 Å². The molecule has 26 heavy (non-hydrogen) atoms. The summed E-state index contributed by atoms with van der Waals surface area (Å²) in [5.41, 5.74) is 2.04. The molecule has 2 aromatic rings. The maximum Gasteiger partial charge on any atom is 0.229 e. The number of ether oxygens (including phenoxy) is 1. The van der Waals surface area contributed by atoms with Crippen molar-refractivity contribution >= 4 is 17.5 Å². The van der Waals surface area contributed by atoms with Gasteiger partial charge in [0.15, 0.2) is 0 Å². The van der Waals surface area contributed by atoms with Gasteiger partial charge in [-0.2, -0.15) is 0 Å². The topological polar surface area (TPSA) is 58.6 Å². The Morgan fingerprint density at radius 1 is 1.19 bits per heavy atom. The normalized spacial score (nSPS) is 16.6. The Labute approximate surface area is 154 Å². The lowest BCUT2D eigenvalue weighted by Gasteiger charge is -2.18. The largest absolute Gasteiger partial charge is 0.497 e. The highest BCUT2D eigenvalue weighted by molar-refractivity contribution is 5.97. The molecule has 136 valence electrons. The van der Waals surface area contributed by atoms with Crippen LogP contribution >= 0.6 is 0 Å². The molecular weight excluding hydrogens is 328 g/mol. The summed E-state index contributed by atoms with van der Waals surface area (Å²) in [5, 5.41) is 2.99. The van der Waals surface area contributed by atoms with Crippen LogP contribution in [0.15, 0.2) is 54.6 Å². The maximum absolute atomic E-state index is 12.3. The van der Waals surface area contributed by atoms with Crippen molar-refractivity contribution in [2.45, 2.75) is 31.7 Å². The molecule has 2 aromatic carbocycles. The second-order valence-corrected chi connectivity index (χ2v) is 6.51. The first-order valence-corrected chi connectivity index (χ1v) is 8.93. The van der Waals surface area contributed by atoms with Gasteiger partial charge < -0.3 is 15.0 Å². The minimum Gasteiger partial charge on any atom is -0.497 e. The minimum absolute atomic E-state index is 0.00576. The van der Waals surface area contributed by atoms with Crippen LogP contribution in [-0.2, 0) is 16.0 Å². The summed E-state index contributed by atoms with van der Waals surface area (Å²) in [5.74, 6) is 0.739. The van der Waals surface area contributed by atoms with E-state index >= 15 is 0 Å². The van der Waals surface area contributed by atoms with Crippen molar-refractivity contribution < 1.29 is 14.3 Å². The van der Waals surface area contributed by atoms with E-state index in [-0.39, 0.29) is 17.9 Å². The third kappa shape index (κ3) is 4.63. The Balaban J connectivity index is 1.48. The Morgan fingerprint density at radius 3 is 2.77 bits per heavy atom. The number of benzene rings is 2. The third-order valence-electron chi connectivity index (χ3n) is 4.57. The number of methoxy groups -OCH3 is 1. The van der Waals surface area contributed by atoms with Crippen molar-refractivity contribution in [1.29, 1.82) is 0 Å². The molecule has 5 heteroatoms. The molecule has 2 amide bonds. The van der Waals surface area contributed by atoms with E-state index in [0.29, 0.717) is 25.1 Å². The molecule has 1 saturated heterocycles. The average molecular weight is 352 g/mol. The molecule has 5 nitrogen and oxygen atoms in total. The van der Waals surface area contributed by atoms with E-state index in [1.165, 1.54) is 5.56 Å². The minimum atomic E-state index is -0.141. The van der Waals surface area contributed by atoms with E-state index < -0.39 is 0 Å². The van der Waals surface area contributed by atoms with Gasteiger partial charge in [-0.1, -0.05) is 36.4 Å². The summed E-state index contributed by atoms with van der Waals surface area (Å²) in [6, 6.07) is 17.4. The van der Waals surface area contributed by atoms with E-state index in [1.54, 1.807) is 12.0 Å². The van der Waals surface area contributed by atoms with Gasteiger partial charge in [0, 0.05) is 31.1 Å². The average Bonchev–Trinajstić information content (AvgIpc) is 3.02. The molecule has 1 aliphatic heterocycles. The Bertz CT molecular complexity index is 761. The lowest BCUT2D eigenvalue weighted by molar-refractivity contribution is -0.121. The molecule has 0 saturated carbocycles. The molecular formula is C21H24N2O3. The Hall–Kier alpha value is -2.82. The maximum atomic E-state index is 12.3. The number of amides is 2. The van der Waals surface area contributed by atoms with Crippen molar-refractivity contribution in [1.82, 2.24) is 5.32 Å². The first-order valence-electron chi connectivity index (χ1n) is 8.93. The zero-order valence-electron chi connectivity index (χ0n) is 15.0. The molecule has 0 radical (unpaired) electrons. The van der Waals surface area contributed by atoms with Gasteiger partial charge in [0.25, 0.3) is 0 Å². The summed E-state index contributed by atoms with van der Waals surface area (Å²) in [6.07, 6.45) is 2.49. The Morgan fingerprint density at radius 2 is 2.00 bits per heavy atom. The van der Waals surface area contributed by atoms with Gasteiger partial charge >= 0.3 is 0 Å². The predicted octanol–water partition coefficient (Wildman–Crippen LogP) is 2.94. The van der Waals surface area contributed by atoms with E-state index in [0.717, 1.165) is 18.5 Å². The highest BCUT2D eigenvalue weighted by Gasteiger charge is 2.31. The van der Waals surface area contributed by atoms with Gasteiger partial charge in [-0.3, -0.25) is 9.59 Å². The number of rotatable bonds is 7. The number of nitrogens with one attached hydrogen (secondary N) is 1. The number of hydrogen-bond acceptors (Lipinski definition) is 3. The standard InChI is InChI=1S/C21H24N2O3/c1-26-19-11-6-10-18(14-19)23-15-17(13-21(23)25)22-20(24)12-5-9-16-7-3-2-4-8-16/h2-4,6-8,10-11,14,17H,5,9,12-13,15H2,1H3,(H,22,24)/t17-/m0/s1. The lowest BCUT2D eigenvalue weighted by Crippen LogP contribution is -2.37. The molecule has 0 spiro atoms. The quantitative estimate of drug-likeness (QED) is 0.833. The first-order chi connectivity index (χ1) is 12.7. The number of carbonyl (C=O) groups is 2. The second-order valence-electron chi connectivity index (χ2n) is 6.51. The van der Waals surface area contributed by atoms with Crippen molar-refractivity contribution in [3.8, 4) is 5.75 Å². The van der Waals surface area contributed by atoms with Crippen LogP contribution in [0, 0.1) is 0 Å². The summed E-state index contributed by atoms with van der Waals surface area (Å²) in [4.78, 5) is 26.2. The smallest absolute Gasteiger partial charge is 0.229 e. The summed E-state index contributed by atoms with van der Waals surface area (Å²) in [6.45, 7) is 0.496. The van der Waals surface area contributed by atoms with Gasteiger partial charge in [0.1, 0.15) is 5.75 Å². The van der Waals surface area contributed by atoms with Crippen LogP contribution in [0.1, 0.15) is 24.8 Å². The van der Waals surface area contributed by atoms with E-state index in [1.807, 2.05) is 42.5 Å². The number of aryl methyl sites for hydroxylation is 1. The fraction of sp³-hybridized carbons (Fsp3) is 0.333. The SMILES string of the molecule is COc1cccc(N2C[C@@H](NC(=O)CCCc3ccccc3)CC2=O)c1. The lowest BCUT2D eigenvalue weighted by atomic mass is 10.1. The monoisotopic (exact) mass is 352 g/mol. The summed E-state index contributed by atoms with van der Waals surface area (Å²) >= 11 is 0. The molecule has 0 bridgehead atoms. The van der Waals surface area contributed by atoms with E-state index in [9.17, 15) is 9.59 Å². The fourth-order valence-electron chi connectivity index (χ4n) is 3.23. The van der Waals surface area contributed by atoms with Crippen molar-refractivity contribution in [2.24, 2.45) is 0 Å². The molecule has 0 aliphatic carbocycles. The van der Waals surface area contributed by atoms with Crippen molar-refractivity contribution in [3.63, 3.8) is 0 Å². The van der Waals surface area contributed by atoms with Crippen LogP contribution < -0.4 is 15.0 Å². The molecule has 1 N–H and O–H groups in total. The third-order valence-corrected chi connectivity index (χ3v) is 4.57. The zero-order valence-corrected chi connectivity index (χ0v) is 15.0. The second kappa shape index (κ2) is 8.52. The molecule has 1 atom stereocenters. The fourth-order valence-corrected chi connectivity index (χ4v) is 3.23. The van der Waals surface area contributed by atoms with Crippen LogP contribution in [0.5, 0.6) is 5.75 Å². The number of nitrogens with zero attached hydrogens (tertiary/aromatic N) is 1. The number of carbonyl (C=O) groups excluding carboxylic acids is 2. The highest BCUT2D eigenvalue weighted by atomic mass is 16.5.